The molecule has 30 heavy (non-hydrogen) atoms. The molecule has 154 valence electrons. The van der Waals surface area contributed by atoms with Gasteiger partial charge in [-0.15, -0.1) is 11.3 Å². The zero-order valence-corrected chi connectivity index (χ0v) is 17.4. The molecule has 0 radical (unpaired) electrons. The molecule has 1 aromatic heterocycles. The van der Waals surface area contributed by atoms with Gasteiger partial charge in [0, 0.05) is 18.0 Å². The van der Waals surface area contributed by atoms with E-state index in [-0.39, 0.29) is 5.91 Å². The van der Waals surface area contributed by atoms with E-state index >= 15 is 0 Å². The van der Waals surface area contributed by atoms with Crippen molar-refractivity contribution >= 4 is 23.3 Å². The summed E-state index contributed by atoms with van der Waals surface area (Å²) < 4.78 is 16.8. The van der Waals surface area contributed by atoms with Crippen molar-refractivity contribution in [1.29, 1.82) is 0 Å². The molecule has 0 saturated heterocycles. The van der Waals surface area contributed by atoms with Crippen LogP contribution < -0.4 is 19.5 Å². The minimum Gasteiger partial charge on any atom is -0.487 e. The Balaban J connectivity index is 1.25. The van der Waals surface area contributed by atoms with Crippen molar-refractivity contribution in [3.63, 3.8) is 0 Å². The summed E-state index contributed by atoms with van der Waals surface area (Å²) in [6, 6.07) is 13.3. The second kappa shape index (κ2) is 9.45. The number of aromatic nitrogens is 1. The van der Waals surface area contributed by atoms with E-state index in [1.54, 1.807) is 17.4 Å². The van der Waals surface area contributed by atoms with Crippen molar-refractivity contribution in [2.24, 2.45) is 0 Å². The van der Waals surface area contributed by atoms with E-state index in [0.717, 1.165) is 39.1 Å². The lowest BCUT2D eigenvalue weighted by Gasteiger charge is -2.18. The number of fused-ring (bicyclic) bond motifs is 1. The van der Waals surface area contributed by atoms with Gasteiger partial charge >= 0.3 is 0 Å². The predicted octanol–water partition coefficient (Wildman–Crippen LogP) is 4.13. The number of carbonyl (C=O) groups is 1. The molecule has 0 aliphatic carbocycles. The summed E-state index contributed by atoms with van der Waals surface area (Å²) in [5.41, 5.74) is 2.80. The second-order valence-electron chi connectivity index (χ2n) is 6.74. The number of thiazole rings is 1. The highest BCUT2D eigenvalue weighted by Gasteiger charge is 2.11. The van der Waals surface area contributed by atoms with Gasteiger partial charge in [-0.05, 0) is 48.4 Å². The number of hydrogen-bond acceptors (Lipinski definition) is 6. The summed E-state index contributed by atoms with van der Waals surface area (Å²) in [6.07, 6.45) is 3.29. The van der Waals surface area contributed by atoms with Gasteiger partial charge in [0.2, 0.25) is 5.91 Å². The van der Waals surface area contributed by atoms with Crippen LogP contribution in [0.25, 0.3) is 6.08 Å². The number of rotatable bonds is 7. The fraction of sp³-hybridized carbons (Fsp3) is 0.217. The minimum atomic E-state index is -0.163. The molecule has 0 bridgehead atoms. The van der Waals surface area contributed by atoms with Gasteiger partial charge in [0.1, 0.15) is 25.6 Å². The van der Waals surface area contributed by atoms with E-state index in [1.165, 1.54) is 6.08 Å². The van der Waals surface area contributed by atoms with Crippen LogP contribution in [0, 0.1) is 6.92 Å². The highest BCUT2D eigenvalue weighted by molar-refractivity contribution is 7.09. The lowest BCUT2D eigenvalue weighted by Crippen LogP contribution is -2.20. The van der Waals surface area contributed by atoms with Crippen LogP contribution in [0.4, 0.5) is 0 Å². The Labute approximate surface area is 179 Å². The first kappa shape index (κ1) is 20.0. The van der Waals surface area contributed by atoms with E-state index in [0.29, 0.717) is 26.4 Å². The van der Waals surface area contributed by atoms with Crippen LogP contribution in [0.1, 0.15) is 21.8 Å². The first-order valence-corrected chi connectivity index (χ1v) is 10.5. The molecule has 1 N–H and O–H groups in total. The van der Waals surface area contributed by atoms with Crippen LogP contribution in [0.2, 0.25) is 0 Å². The van der Waals surface area contributed by atoms with Crippen molar-refractivity contribution in [3.05, 3.63) is 75.7 Å². The average molecular weight is 423 g/mol. The normalized spacial score (nSPS) is 12.7. The summed E-state index contributed by atoms with van der Waals surface area (Å²) in [5.74, 6) is 2.06. The molecule has 1 aliphatic heterocycles. The smallest absolute Gasteiger partial charge is 0.244 e. The number of nitrogens with one attached hydrogen (secondary N) is 1. The molecule has 0 spiro atoms. The third-order valence-electron chi connectivity index (χ3n) is 4.43. The van der Waals surface area contributed by atoms with Gasteiger partial charge in [-0.25, -0.2) is 4.98 Å². The number of benzene rings is 2. The molecule has 2 aromatic carbocycles. The summed E-state index contributed by atoms with van der Waals surface area (Å²) in [5, 5.41) is 5.90. The predicted molar refractivity (Wildman–Crippen MR) is 116 cm³/mol. The van der Waals surface area contributed by atoms with Crippen molar-refractivity contribution in [1.82, 2.24) is 10.3 Å². The van der Waals surface area contributed by atoms with Crippen LogP contribution in [0.5, 0.6) is 17.2 Å². The number of nitrogens with zero attached hydrogens (tertiary/aromatic N) is 1. The van der Waals surface area contributed by atoms with Crippen LogP contribution in [0.3, 0.4) is 0 Å². The SMILES string of the molecule is Cc1nc(COc2ccc(/C=C/C(=O)NCc3ccc4c(c3)OCCO4)cc2)cs1. The molecule has 0 unspecified atom stereocenters. The third kappa shape index (κ3) is 5.39. The first-order valence-electron chi connectivity index (χ1n) is 9.64. The first-order chi connectivity index (χ1) is 14.7. The van der Waals surface area contributed by atoms with Gasteiger partial charge in [-0.3, -0.25) is 4.79 Å². The summed E-state index contributed by atoms with van der Waals surface area (Å²) in [4.78, 5) is 16.5. The van der Waals surface area contributed by atoms with Crippen molar-refractivity contribution in [2.75, 3.05) is 13.2 Å². The lowest BCUT2D eigenvalue weighted by molar-refractivity contribution is -0.116. The van der Waals surface area contributed by atoms with Gasteiger partial charge in [0.25, 0.3) is 0 Å². The van der Waals surface area contributed by atoms with Crippen LogP contribution in [-0.2, 0) is 17.9 Å². The average Bonchev–Trinajstić information content (AvgIpc) is 3.20. The Morgan fingerprint density at radius 1 is 1.17 bits per heavy atom. The summed E-state index contributed by atoms with van der Waals surface area (Å²) in [7, 11) is 0. The quantitative estimate of drug-likeness (QED) is 0.580. The third-order valence-corrected chi connectivity index (χ3v) is 5.26. The highest BCUT2D eigenvalue weighted by atomic mass is 32.1. The molecule has 3 aromatic rings. The Morgan fingerprint density at radius 3 is 2.73 bits per heavy atom. The largest absolute Gasteiger partial charge is 0.487 e. The number of amides is 1. The van der Waals surface area contributed by atoms with Crippen molar-refractivity contribution in [3.8, 4) is 17.2 Å². The van der Waals surface area contributed by atoms with Crippen LogP contribution in [0.15, 0.2) is 53.9 Å². The molecule has 1 aliphatic rings. The standard InChI is InChI=1S/C23H22N2O4S/c1-16-25-19(15-30-16)14-29-20-6-2-17(3-7-20)5-9-23(26)24-13-18-4-8-21-22(12-18)28-11-10-27-21/h2-9,12,15H,10-11,13-14H2,1H3,(H,24,26)/b9-5+. The Kier molecular flexibility index (Phi) is 6.29. The fourth-order valence-electron chi connectivity index (χ4n) is 2.92. The van der Waals surface area contributed by atoms with E-state index < -0.39 is 0 Å². The number of aryl methyl sites for hydroxylation is 1. The monoisotopic (exact) mass is 422 g/mol. The molecular weight excluding hydrogens is 400 g/mol. The zero-order valence-electron chi connectivity index (χ0n) is 16.6. The fourth-order valence-corrected chi connectivity index (χ4v) is 3.52. The molecule has 0 saturated carbocycles. The summed E-state index contributed by atoms with van der Waals surface area (Å²) in [6.45, 7) is 3.94. The zero-order chi connectivity index (χ0) is 20.8. The lowest BCUT2D eigenvalue weighted by atomic mass is 10.2. The van der Waals surface area contributed by atoms with Crippen LogP contribution in [-0.4, -0.2) is 24.1 Å². The molecule has 2 heterocycles. The van der Waals surface area contributed by atoms with Gasteiger partial charge in [-0.1, -0.05) is 18.2 Å². The topological polar surface area (TPSA) is 69.7 Å². The molecule has 4 rings (SSSR count). The van der Waals surface area contributed by atoms with Gasteiger partial charge < -0.3 is 19.5 Å². The maximum atomic E-state index is 12.1. The maximum Gasteiger partial charge on any atom is 0.244 e. The molecule has 0 fully saturated rings. The molecule has 1 amide bonds. The molecule has 7 heteroatoms. The number of hydrogen-bond donors (Lipinski definition) is 1. The Bertz CT molecular complexity index is 1040. The van der Waals surface area contributed by atoms with Gasteiger partial charge in [-0.2, -0.15) is 0 Å². The van der Waals surface area contributed by atoms with Crippen molar-refractivity contribution in [2.45, 2.75) is 20.1 Å². The van der Waals surface area contributed by atoms with E-state index in [2.05, 4.69) is 10.3 Å². The second-order valence-corrected chi connectivity index (χ2v) is 7.81. The minimum absolute atomic E-state index is 0.163. The molecule has 6 nitrogen and oxygen atoms in total. The summed E-state index contributed by atoms with van der Waals surface area (Å²) >= 11 is 1.61. The Hall–Kier alpha value is -3.32. The maximum absolute atomic E-state index is 12.1. The van der Waals surface area contributed by atoms with E-state index in [9.17, 15) is 4.79 Å². The number of ether oxygens (including phenoxy) is 3. The van der Waals surface area contributed by atoms with Gasteiger partial charge in [0.15, 0.2) is 11.5 Å². The van der Waals surface area contributed by atoms with E-state index in [1.807, 2.05) is 54.8 Å². The van der Waals surface area contributed by atoms with Crippen molar-refractivity contribution < 1.29 is 19.0 Å². The molecule has 0 atom stereocenters. The van der Waals surface area contributed by atoms with Gasteiger partial charge in [0.05, 0.1) is 10.7 Å². The number of carbonyl (C=O) groups excluding carboxylic acids is 1. The molecular formula is C23H22N2O4S. The van der Waals surface area contributed by atoms with E-state index in [4.69, 9.17) is 14.2 Å². The Morgan fingerprint density at radius 2 is 1.97 bits per heavy atom. The van der Waals surface area contributed by atoms with Crippen LogP contribution >= 0.6 is 11.3 Å². The highest BCUT2D eigenvalue weighted by Crippen LogP contribution is 2.30.